The van der Waals surface area contributed by atoms with Crippen LogP contribution in [0, 0.1) is 5.92 Å². The van der Waals surface area contributed by atoms with Crippen LogP contribution in [0.15, 0.2) is 24.8 Å². The van der Waals surface area contributed by atoms with Gasteiger partial charge < -0.3 is 9.74 Å². The lowest BCUT2D eigenvalue weighted by molar-refractivity contribution is -0.121. The van der Waals surface area contributed by atoms with Crippen molar-refractivity contribution >= 4 is 49.0 Å². The molecule has 24 heavy (non-hydrogen) atoms. The average Bonchev–Trinajstić information content (AvgIpc) is 2.41. The number of rotatable bonds is 8. The molecule has 0 bridgehead atoms. The molecule has 0 saturated heterocycles. The second kappa shape index (κ2) is 9.63. The van der Waals surface area contributed by atoms with Crippen LogP contribution >= 0.6 is 34.8 Å². The lowest BCUT2D eigenvalue weighted by atomic mass is 10.0. The van der Waals surface area contributed by atoms with Gasteiger partial charge in [-0.2, -0.15) is 0 Å². The molecule has 0 unspecified atom stereocenters. The second-order valence-electron chi connectivity index (χ2n) is 7.50. The van der Waals surface area contributed by atoms with Gasteiger partial charge in [-0.1, -0.05) is 80.7 Å². The van der Waals surface area contributed by atoms with E-state index in [2.05, 4.69) is 45.8 Å². The minimum atomic E-state index is -1.98. The summed E-state index contributed by atoms with van der Waals surface area (Å²) in [6.45, 7) is 17.2. The van der Waals surface area contributed by atoms with Crippen molar-refractivity contribution in [3.05, 3.63) is 24.8 Å². The number of amides is 1. The van der Waals surface area contributed by atoms with E-state index in [1.807, 2.05) is 19.1 Å². The van der Waals surface area contributed by atoms with Crippen molar-refractivity contribution in [2.24, 2.45) is 5.92 Å². The van der Waals surface area contributed by atoms with Gasteiger partial charge in [0.1, 0.15) is 0 Å². The Morgan fingerprint density at radius 1 is 1.29 bits per heavy atom. The minimum Gasteiger partial charge on any atom is -0.416 e. The number of carbonyl (C=O) groups is 1. The Morgan fingerprint density at radius 3 is 2.25 bits per heavy atom. The van der Waals surface area contributed by atoms with Crippen LogP contribution in [0.5, 0.6) is 0 Å². The number of allylic oxidation sites excluding steroid dienone is 2. The van der Waals surface area contributed by atoms with E-state index in [0.717, 1.165) is 0 Å². The van der Waals surface area contributed by atoms with Crippen molar-refractivity contribution in [1.29, 1.82) is 0 Å². The van der Waals surface area contributed by atoms with Crippen LogP contribution in [0.2, 0.25) is 18.1 Å². The molecule has 0 aliphatic carbocycles. The summed E-state index contributed by atoms with van der Waals surface area (Å²) < 4.78 is 4.26. The van der Waals surface area contributed by atoms with Crippen LogP contribution in [0.4, 0.5) is 0 Å². The highest BCUT2D eigenvalue weighted by molar-refractivity contribution is 6.76. The van der Waals surface area contributed by atoms with Gasteiger partial charge in [-0.25, -0.2) is 0 Å². The minimum absolute atomic E-state index is 0.0384. The zero-order valence-corrected chi connectivity index (χ0v) is 18.7. The normalized spacial score (nSPS) is 16.0. The summed E-state index contributed by atoms with van der Waals surface area (Å²) in [6, 6.07) is -0.280. The third-order valence-electron chi connectivity index (χ3n) is 4.33. The molecule has 2 atom stereocenters. The quantitative estimate of drug-likeness (QED) is 0.317. The largest absolute Gasteiger partial charge is 0.416 e. The van der Waals surface area contributed by atoms with E-state index in [9.17, 15) is 4.79 Å². The Kier molecular flexibility index (Phi) is 9.63. The Labute approximate surface area is 162 Å². The number of carbonyl (C=O) groups excluding carboxylic acids is 1. The number of nitrogens with one attached hydrogen (secondary N) is 1. The van der Waals surface area contributed by atoms with Gasteiger partial charge in [0, 0.05) is 12.5 Å². The van der Waals surface area contributed by atoms with Crippen molar-refractivity contribution in [3.63, 3.8) is 0 Å². The highest BCUT2D eigenvalue weighted by Crippen LogP contribution is 2.37. The molecule has 0 radical (unpaired) electrons. The van der Waals surface area contributed by atoms with Crippen LogP contribution in [0.1, 0.15) is 34.1 Å². The van der Waals surface area contributed by atoms with Crippen molar-refractivity contribution in [1.82, 2.24) is 5.32 Å². The predicted molar refractivity (Wildman–Crippen MR) is 108 cm³/mol. The van der Waals surface area contributed by atoms with Crippen LogP contribution in [0.3, 0.4) is 0 Å². The molecule has 0 aliphatic heterocycles. The monoisotopic (exact) mass is 413 g/mol. The summed E-state index contributed by atoms with van der Waals surface area (Å²) in [5, 5.41) is 2.90. The van der Waals surface area contributed by atoms with E-state index >= 15 is 0 Å². The molecule has 0 rings (SSSR count). The maximum absolute atomic E-state index is 12.0. The molecule has 0 heterocycles. The molecule has 7 heteroatoms. The molecule has 0 aromatic rings. The molecule has 1 N–H and O–H groups in total. The Morgan fingerprint density at radius 2 is 1.83 bits per heavy atom. The van der Waals surface area contributed by atoms with E-state index < -0.39 is 18.0 Å². The van der Waals surface area contributed by atoms with E-state index in [-0.39, 0.29) is 17.0 Å². The fourth-order valence-corrected chi connectivity index (χ4v) is 2.87. The lowest BCUT2D eigenvalue weighted by Crippen LogP contribution is -2.47. The number of hydrogen-bond acceptors (Lipinski definition) is 2. The third-order valence-corrected chi connectivity index (χ3v) is 9.34. The Balaban J connectivity index is 5.01. The summed E-state index contributed by atoms with van der Waals surface area (Å²) >= 11 is 17.0. The second-order valence-corrected chi connectivity index (χ2v) is 14.6. The maximum Gasteiger partial charge on any atom is 0.272 e. The lowest BCUT2D eigenvalue weighted by Gasteiger charge is -2.37. The van der Waals surface area contributed by atoms with Gasteiger partial charge in [-0.05, 0) is 24.6 Å². The third kappa shape index (κ3) is 8.39. The van der Waals surface area contributed by atoms with E-state index in [1.54, 1.807) is 6.08 Å². The summed E-state index contributed by atoms with van der Waals surface area (Å²) in [5.41, 5.74) is 0. The van der Waals surface area contributed by atoms with Gasteiger partial charge in [0.05, 0.1) is 6.04 Å². The zero-order valence-electron chi connectivity index (χ0n) is 15.5. The molecule has 0 saturated carbocycles. The van der Waals surface area contributed by atoms with Gasteiger partial charge in [0.15, 0.2) is 8.32 Å². The van der Waals surface area contributed by atoms with Gasteiger partial charge >= 0.3 is 0 Å². The molecule has 0 fully saturated rings. The van der Waals surface area contributed by atoms with Crippen molar-refractivity contribution in [2.45, 2.75) is 62.1 Å². The van der Waals surface area contributed by atoms with Gasteiger partial charge in [-0.15, -0.1) is 6.58 Å². The standard InChI is InChI=1S/C17H30Cl3NO2Si/c1-8-9-10-11-14(21-15(22)17(18,19)20)13(2)12-23-24(6,7)16(3,4)5/h8,10-11,13-14H,1,9,12H2,2-7H3,(H,21,22)/b11-10+/t13-,14-/m0/s1. The SMILES string of the molecule is C=CC/C=C/[C@H](NC(=O)C(Cl)(Cl)Cl)[C@@H](C)CO[Si](C)(C)C(C)(C)C. The molecule has 0 aromatic carbocycles. The number of alkyl halides is 3. The Bertz CT molecular complexity index is 454. The smallest absolute Gasteiger partial charge is 0.272 e. The molecule has 3 nitrogen and oxygen atoms in total. The van der Waals surface area contributed by atoms with Crippen LogP contribution in [-0.4, -0.2) is 30.7 Å². The number of hydrogen-bond donors (Lipinski definition) is 1. The van der Waals surface area contributed by atoms with Crippen LogP contribution < -0.4 is 5.32 Å². The molecule has 140 valence electrons. The van der Waals surface area contributed by atoms with Gasteiger partial charge in [0.2, 0.25) is 0 Å². The first-order valence-corrected chi connectivity index (χ1v) is 12.1. The summed E-state index contributed by atoms with van der Waals surface area (Å²) in [7, 11) is -1.86. The molecular formula is C17H30Cl3NO2Si. The summed E-state index contributed by atoms with van der Waals surface area (Å²) in [6.07, 6.45) is 6.31. The van der Waals surface area contributed by atoms with E-state index in [0.29, 0.717) is 13.0 Å². The van der Waals surface area contributed by atoms with Gasteiger partial charge in [0.25, 0.3) is 9.70 Å². The number of halogens is 3. The molecule has 0 spiro atoms. The highest BCUT2D eigenvalue weighted by atomic mass is 35.6. The summed E-state index contributed by atoms with van der Waals surface area (Å²) in [5.74, 6) is -0.601. The molecule has 0 aromatic heterocycles. The van der Waals surface area contributed by atoms with Crippen LogP contribution in [-0.2, 0) is 9.22 Å². The zero-order chi connectivity index (χ0) is 19.2. The van der Waals surface area contributed by atoms with Crippen molar-refractivity contribution < 1.29 is 9.22 Å². The molecular weight excluding hydrogens is 385 g/mol. The fraction of sp³-hybridized carbons (Fsp3) is 0.706. The van der Waals surface area contributed by atoms with Crippen molar-refractivity contribution in [2.75, 3.05) is 6.61 Å². The van der Waals surface area contributed by atoms with Crippen molar-refractivity contribution in [3.8, 4) is 0 Å². The van der Waals surface area contributed by atoms with E-state index in [4.69, 9.17) is 39.2 Å². The topological polar surface area (TPSA) is 38.3 Å². The first-order valence-electron chi connectivity index (χ1n) is 8.01. The first-order chi connectivity index (χ1) is 10.7. The van der Waals surface area contributed by atoms with Crippen LogP contribution in [0.25, 0.3) is 0 Å². The average molecular weight is 415 g/mol. The van der Waals surface area contributed by atoms with Gasteiger partial charge in [-0.3, -0.25) is 4.79 Å². The fourth-order valence-electron chi connectivity index (χ4n) is 1.59. The molecule has 1 amide bonds. The first kappa shape index (κ1) is 24.0. The maximum atomic E-state index is 12.0. The van der Waals surface area contributed by atoms with E-state index in [1.165, 1.54) is 0 Å². The Hall–Kier alpha value is -0.00312. The summed E-state index contributed by atoms with van der Waals surface area (Å²) in [4.78, 5) is 12.0. The predicted octanol–water partition coefficient (Wildman–Crippen LogP) is 5.63. The highest BCUT2D eigenvalue weighted by Gasteiger charge is 2.38. The molecule has 0 aliphatic rings.